The first-order valence-electron chi connectivity index (χ1n) is 6.03. The van der Waals surface area contributed by atoms with Gasteiger partial charge in [0.05, 0.1) is 5.56 Å². The number of carbonyl (C=O) groups excluding carboxylic acids is 1. The number of nitriles is 1. The molecule has 1 aliphatic rings. The number of esters is 1. The molecular formula is C16H11NO2. The summed E-state index contributed by atoms with van der Waals surface area (Å²) in [7, 11) is 0. The number of carbonyl (C=O) groups is 1. The minimum absolute atomic E-state index is 0.384. The minimum atomic E-state index is -1.22. The van der Waals surface area contributed by atoms with Crippen molar-refractivity contribution in [3.8, 4) is 6.07 Å². The molecule has 1 aliphatic heterocycles. The second-order valence-electron chi connectivity index (χ2n) is 4.53. The number of benzene rings is 2. The van der Waals surface area contributed by atoms with Crippen LogP contribution in [0.15, 0.2) is 54.6 Å². The molecule has 0 saturated carbocycles. The molecule has 0 fully saturated rings. The molecule has 0 aliphatic carbocycles. The van der Waals surface area contributed by atoms with E-state index >= 15 is 0 Å². The quantitative estimate of drug-likeness (QED) is 0.730. The van der Waals surface area contributed by atoms with E-state index in [1.807, 2.05) is 42.5 Å². The van der Waals surface area contributed by atoms with E-state index in [1.165, 1.54) is 0 Å². The van der Waals surface area contributed by atoms with Crippen LogP contribution in [-0.4, -0.2) is 5.97 Å². The van der Waals surface area contributed by atoms with Crippen LogP contribution in [0.1, 0.15) is 21.5 Å². The Bertz CT molecular complexity index is 673. The molecule has 3 nitrogen and oxygen atoms in total. The van der Waals surface area contributed by atoms with Crippen molar-refractivity contribution in [3.63, 3.8) is 0 Å². The van der Waals surface area contributed by atoms with Crippen molar-refractivity contribution in [2.45, 2.75) is 12.0 Å². The van der Waals surface area contributed by atoms with E-state index in [0.717, 1.165) is 5.56 Å². The molecule has 0 spiro atoms. The zero-order chi connectivity index (χ0) is 13.3. The van der Waals surface area contributed by atoms with Crippen molar-refractivity contribution in [1.82, 2.24) is 0 Å². The van der Waals surface area contributed by atoms with Crippen LogP contribution >= 0.6 is 0 Å². The Morgan fingerprint density at radius 3 is 2.47 bits per heavy atom. The van der Waals surface area contributed by atoms with Gasteiger partial charge in [-0.25, -0.2) is 4.79 Å². The standard InChI is InChI=1S/C16H11NO2/c17-11-16(13-7-2-1-3-8-13)10-12-6-4-5-9-14(12)15(18)19-16/h1-9H,10H2/t16-/m1/s1. The highest BCUT2D eigenvalue weighted by Crippen LogP contribution is 2.35. The largest absolute Gasteiger partial charge is 0.435 e. The Kier molecular flexibility index (Phi) is 2.57. The van der Waals surface area contributed by atoms with Gasteiger partial charge in [0.2, 0.25) is 5.60 Å². The molecule has 0 unspecified atom stereocenters. The normalized spacial score (nSPS) is 21.1. The molecule has 1 atom stereocenters. The van der Waals surface area contributed by atoms with Crippen LogP contribution in [0, 0.1) is 11.3 Å². The number of hydrogen-bond acceptors (Lipinski definition) is 3. The summed E-state index contributed by atoms with van der Waals surface area (Å²) in [6.45, 7) is 0. The molecule has 0 N–H and O–H groups in total. The van der Waals surface area contributed by atoms with Gasteiger partial charge in [0.15, 0.2) is 0 Å². The summed E-state index contributed by atoms with van der Waals surface area (Å²) in [6.07, 6.45) is 0.384. The van der Waals surface area contributed by atoms with Crippen LogP contribution in [-0.2, 0) is 16.8 Å². The first-order valence-corrected chi connectivity index (χ1v) is 6.03. The lowest BCUT2D eigenvalue weighted by Crippen LogP contribution is -2.38. The molecule has 0 amide bonds. The average molecular weight is 249 g/mol. The minimum Gasteiger partial charge on any atom is -0.435 e. The van der Waals surface area contributed by atoms with Crippen LogP contribution in [0.2, 0.25) is 0 Å². The molecular weight excluding hydrogens is 238 g/mol. The monoisotopic (exact) mass is 249 g/mol. The van der Waals surface area contributed by atoms with Crippen LogP contribution in [0.3, 0.4) is 0 Å². The Balaban J connectivity index is 2.13. The summed E-state index contributed by atoms with van der Waals surface area (Å²) in [5.41, 5.74) is 0.890. The second-order valence-corrected chi connectivity index (χ2v) is 4.53. The zero-order valence-corrected chi connectivity index (χ0v) is 10.2. The number of nitrogens with zero attached hydrogens (tertiary/aromatic N) is 1. The summed E-state index contributed by atoms with van der Waals surface area (Å²) in [5, 5.41) is 9.51. The first-order chi connectivity index (χ1) is 9.25. The van der Waals surface area contributed by atoms with E-state index < -0.39 is 11.6 Å². The summed E-state index contributed by atoms with van der Waals surface area (Å²) >= 11 is 0. The van der Waals surface area contributed by atoms with Crippen molar-refractivity contribution in [2.75, 3.05) is 0 Å². The Morgan fingerprint density at radius 1 is 1.05 bits per heavy atom. The third-order valence-corrected chi connectivity index (χ3v) is 3.36. The van der Waals surface area contributed by atoms with Crippen molar-refractivity contribution < 1.29 is 9.53 Å². The van der Waals surface area contributed by atoms with Gasteiger partial charge in [-0.2, -0.15) is 5.26 Å². The van der Waals surface area contributed by atoms with Crippen molar-refractivity contribution in [1.29, 1.82) is 5.26 Å². The van der Waals surface area contributed by atoms with Crippen LogP contribution < -0.4 is 0 Å². The fraction of sp³-hybridized carbons (Fsp3) is 0.125. The lowest BCUT2D eigenvalue weighted by Gasteiger charge is -2.32. The second kappa shape index (κ2) is 4.25. The van der Waals surface area contributed by atoms with Gasteiger partial charge in [-0.05, 0) is 11.6 Å². The summed E-state index contributed by atoms with van der Waals surface area (Å²) < 4.78 is 5.44. The summed E-state index contributed by atoms with van der Waals surface area (Å²) in [4.78, 5) is 12.1. The smallest absolute Gasteiger partial charge is 0.340 e. The topological polar surface area (TPSA) is 50.1 Å². The number of cyclic esters (lactones) is 1. The SMILES string of the molecule is N#C[C@@]1(c2ccccc2)Cc2ccccc2C(=O)O1. The lowest BCUT2D eigenvalue weighted by atomic mass is 9.84. The molecule has 3 rings (SSSR count). The molecule has 2 aromatic carbocycles. The highest BCUT2D eigenvalue weighted by molar-refractivity contribution is 5.92. The Labute approximate surface area is 111 Å². The van der Waals surface area contributed by atoms with Gasteiger partial charge < -0.3 is 4.74 Å². The van der Waals surface area contributed by atoms with Crippen LogP contribution in [0.5, 0.6) is 0 Å². The number of rotatable bonds is 1. The van der Waals surface area contributed by atoms with E-state index in [4.69, 9.17) is 4.74 Å². The Morgan fingerprint density at radius 2 is 1.74 bits per heavy atom. The van der Waals surface area contributed by atoms with Crippen molar-refractivity contribution >= 4 is 5.97 Å². The van der Waals surface area contributed by atoms with Gasteiger partial charge in [0.1, 0.15) is 6.07 Å². The molecule has 1 heterocycles. The van der Waals surface area contributed by atoms with Gasteiger partial charge in [0, 0.05) is 12.0 Å². The van der Waals surface area contributed by atoms with Gasteiger partial charge in [-0.3, -0.25) is 0 Å². The fourth-order valence-electron chi connectivity index (χ4n) is 2.39. The predicted octanol–water partition coefficient (Wildman–Crippen LogP) is 2.82. The summed E-state index contributed by atoms with van der Waals surface area (Å²) in [5.74, 6) is -0.438. The van der Waals surface area contributed by atoms with Crippen molar-refractivity contribution in [2.24, 2.45) is 0 Å². The Hall–Kier alpha value is -2.60. The highest BCUT2D eigenvalue weighted by Gasteiger charge is 2.42. The van der Waals surface area contributed by atoms with E-state index in [2.05, 4.69) is 6.07 Å². The lowest BCUT2D eigenvalue weighted by molar-refractivity contribution is -0.000614. The van der Waals surface area contributed by atoms with Crippen LogP contribution in [0.25, 0.3) is 0 Å². The number of ether oxygens (including phenoxy) is 1. The number of hydrogen-bond donors (Lipinski definition) is 0. The molecule has 2 aromatic rings. The van der Waals surface area contributed by atoms with Gasteiger partial charge >= 0.3 is 5.97 Å². The van der Waals surface area contributed by atoms with Gasteiger partial charge in [-0.1, -0.05) is 48.5 Å². The molecule has 3 heteroatoms. The molecule has 0 aromatic heterocycles. The molecule has 0 saturated heterocycles. The third kappa shape index (κ3) is 1.78. The first kappa shape index (κ1) is 11.5. The maximum atomic E-state index is 12.1. The van der Waals surface area contributed by atoms with Crippen LogP contribution in [0.4, 0.5) is 0 Å². The maximum Gasteiger partial charge on any atom is 0.340 e. The molecule has 0 bridgehead atoms. The average Bonchev–Trinajstić information content (AvgIpc) is 2.48. The van der Waals surface area contributed by atoms with E-state index in [9.17, 15) is 10.1 Å². The zero-order valence-electron chi connectivity index (χ0n) is 10.2. The van der Waals surface area contributed by atoms with Gasteiger partial charge in [-0.15, -0.1) is 0 Å². The van der Waals surface area contributed by atoms with Gasteiger partial charge in [0.25, 0.3) is 0 Å². The summed E-state index contributed by atoms with van der Waals surface area (Å²) in [6, 6.07) is 18.6. The predicted molar refractivity (Wildman–Crippen MR) is 69.3 cm³/mol. The van der Waals surface area contributed by atoms with E-state index in [0.29, 0.717) is 17.5 Å². The van der Waals surface area contributed by atoms with E-state index in [-0.39, 0.29) is 0 Å². The van der Waals surface area contributed by atoms with E-state index in [1.54, 1.807) is 12.1 Å². The number of fused-ring (bicyclic) bond motifs is 1. The highest BCUT2D eigenvalue weighted by atomic mass is 16.6. The molecule has 92 valence electrons. The van der Waals surface area contributed by atoms with Crippen molar-refractivity contribution in [3.05, 3.63) is 71.3 Å². The maximum absolute atomic E-state index is 12.1. The fourth-order valence-corrected chi connectivity index (χ4v) is 2.39. The molecule has 19 heavy (non-hydrogen) atoms. The molecule has 0 radical (unpaired) electrons. The third-order valence-electron chi connectivity index (χ3n) is 3.36.